The first kappa shape index (κ1) is 16.1. The summed E-state index contributed by atoms with van der Waals surface area (Å²) in [4.78, 5) is 23.8. The molecule has 0 aliphatic carbocycles. The van der Waals surface area contributed by atoms with Crippen molar-refractivity contribution in [1.82, 2.24) is 14.9 Å². The highest BCUT2D eigenvalue weighted by atomic mass is 32.1. The maximum absolute atomic E-state index is 12.5. The molecular weight excluding hydrogens is 338 g/mol. The minimum absolute atomic E-state index is 0.158. The molecule has 6 nitrogen and oxygen atoms in total. The van der Waals surface area contributed by atoms with E-state index in [0.717, 1.165) is 19.5 Å². The van der Waals surface area contributed by atoms with Crippen LogP contribution in [0, 0.1) is 0 Å². The number of fused-ring (bicyclic) bond motifs is 2. The molecule has 0 fully saturated rings. The molecule has 0 saturated heterocycles. The average molecular weight is 357 g/mol. The van der Waals surface area contributed by atoms with Gasteiger partial charge in [0.05, 0.1) is 31.7 Å². The molecule has 1 aliphatic heterocycles. The van der Waals surface area contributed by atoms with Gasteiger partial charge in [0.15, 0.2) is 11.5 Å². The van der Waals surface area contributed by atoms with Gasteiger partial charge >= 0.3 is 0 Å². The average Bonchev–Trinajstić information content (AvgIpc) is 3.08. The molecule has 0 amide bonds. The van der Waals surface area contributed by atoms with Crippen molar-refractivity contribution in [3.8, 4) is 11.5 Å². The molecule has 0 atom stereocenters. The fourth-order valence-electron chi connectivity index (χ4n) is 3.24. The molecule has 0 bridgehead atoms. The molecule has 2 aromatic heterocycles. The van der Waals surface area contributed by atoms with Crippen LogP contribution in [0.1, 0.15) is 16.3 Å². The predicted molar refractivity (Wildman–Crippen MR) is 97.6 cm³/mol. The third kappa shape index (κ3) is 3.01. The van der Waals surface area contributed by atoms with Crippen LogP contribution >= 0.6 is 11.3 Å². The van der Waals surface area contributed by atoms with E-state index in [0.29, 0.717) is 34.8 Å². The summed E-state index contributed by atoms with van der Waals surface area (Å²) >= 11 is 1.82. The Morgan fingerprint density at radius 3 is 2.88 bits per heavy atom. The van der Waals surface area contributed by atoms with Gasteiger partial charge in [-0.3, -0.25) is 9.69 Å². The van der Waals surface area contributed by atoms with Crippen LogP contribution in [0.2, 0.25) is 0 Å². The van der Waals surface area contributed by atoms with Gasteiger partial charge in [-0.25, -0.2) is 4.98 Å². The number of benzene rings is 1. The summed E-state index contributed by atoms with van der Waals surface area (Å²) in [5.41, 5.74) is 1.84. The zero-order valence-electron chi connectivity index (χ0n) is 14.2. The Kier molecular flexibility index (Phi) is 4.19. The number of nitrogens with zero attached hydrogens (tertiary/aromatic N) is 2. The van der Waals surface area contributed by atoms with Crippen molar-refractivity contribution in [3.05, 3.63) is 50.2 Å². The summed E-state index contributed by atoms with van der Waals surface area (Å²) in [7, 11) is 3.12. The number of thiophene rings is 1. The Bertz CT molecular complexity index is 979. The molecule has 0 spiro atoms. The van der Waals surface area contributed by atoms with E-state index in [2.05, 4.69) is 26.3 Å². The van der Waals surface area contributed by atoms with Gasteiger partial charge in [-0.1, -0.05) is 0 Å². The SMILES string of the molecule is COc1cc2nc(CN3CCc4sccc4C3)[nH]c(=O)c2cc1OC. The third-order valence-electron chi connectivity index (χ3n) is 4.52. The van der Waals surface area contributed by atoms with Gasteiger partial charge in [0.1, 0.15) is 5.82 Å². The van der Waals surface area contributed by atoms with Crippen LogP contribution in [-0.2, 0) is 19.5 Å². The van der Waals surface area contributed by atoms with Gasteiger partial charge in [-0.05, 0) is 29.5 Å². The van der Waals surface area contributed by atoms with Crippen molar-refractivity contribution < 1.29 is 9.47 Å². The van der Waals surface area contributed by atoms with E-state index < -0.39 is 0 Å². The first-order valence-corrected chi connectivity index (χ1v) is 8.98. The molecule has 130 valence electrons. The zero-order valence-corrected chi connectivity index (χ0v) is 15.0. The number of methoxy groups -OCH3 is 2. The van der Waals surface area contributed by atoms with E-state index in [1.165, 1.54) is 10.4 Å². The van der Waals surface area contributed by atoms with Gasteiger partial charge in [-0.15, -0.1) is 11.3 Å². The Morgan fingerprint density at radius 2 is 2.08 bits per heavy atom. The fourth-order valence-corrected chi connectivity index (χ4v) is 4.13. The van der Waals surface area contributed by atoms with Crippen LogP contribution in [0.15, 0.2) is 28.4 Å². The molecule has 0 saturated carbocycles. The van der Waals surface area contributed by atoms with Crippen molar-refractivity contribution in [2.75, 3.05) is 20.8 Å². The molecule has 25 heavy (non-hydrogen) atoms. The van der Waals surface area contributed by atoms with Crippen molar-refractivity contribution in [2.24, 2.45) is 0 Å². The summed E-state index contributed by atoms with van der Waals surface area (Å²) in [6.45, 7) is 2.49. The van der Waals surface area contributed by atoms with E-state index in [-0.39, 0.29) is 5.56 Å². The number of aromatic nitrogens is 2. The van der Waals surface area contributed by atoms with Crippen LogP contribution in [0.4, 0.5) is 0 Å². The minimum atomic E-state index is -0.158. The Balaban J connectivity index is 1.66. The summed E-state index contributed by atoms with van der Waals surface area (Å²) < 4.78 is 10.6. The second kappa shape index (κ2) is 6.50. The maximum atomic E-state index is 12.5. The molecule has 1 aromatic carbocycles. The molecule has 1 N–H and O–H groups in total. The van der Waals surface area contributed by atoms with E-state index in [4.69, 9.17) is 9.47 Å². The van der Waals surface area contributed by atoms with Gasteiger partial charge in [0.25, 0.3) is 5.56 Å². The summed E-state index contributed by atoms with van der Waals surface area (Å²) in [5, 5.41) is 2.64. The molecule has 3 heterocycles. The standard InChI is InChI=1S/C18H19N3O3S/c1-23-14-7-12-13(8-15(14)24-2)19-17(20-18(12)22)10-21-5-3-16-11(9-21)4-6-25-16/h4,6-8H,3,5,9-10H2,1-2H3,(H,19,20,22). The first-order valence-electron chi connectivity index (χ1n) is 8.10. The molecular formula is C18H19N3O3S. The number of rotatable bonds is 4. The van der Waals surface area contributed by atoms with Crippen molar-refractivity contribution in [2.45, 2.75) is 19.5 Å². The highest BCUT2D eigenvalue weighted by molar-refractivity contribution is 7.10. The number of hydrogen-bond donors (Lipinski definition) is 1. The van der Waals surface area contributed by atoms with E-state index >= 15 is 0 Å². The van der Waals surface area contributed by atoms with Gasteiger partial charge in [-0.2, -0.15) is 0 Å². The fraction of sp³-hybridized carbons (Fsp3) is 0.333. The number of hydrogen-bond acceptors (Lipinski definition) is 6. The second-order valence-corrected chi connectivity index (χ2v) is 7.07. The van der Waals surface area contributed by atoms with Crippen molar-refractivity contribution in [3.63, 3.8) is 0 Å². The molecule has 7 heteroatoms. The van der Waals surface area contributed by atoms with E-state index in [9.17, 15) is 4.79 Å². The Hall–Kier alpha value is -2.38. The molecule has 1 aliphatic rings. The van der Waals surface area contributed by atoms with Crippen LogP contribution in [0.5, 0.6) is 11.5 Å². The lowest BCUT2D eigenvalue weighted by Gasteiger charge is -2.26. The zero-order chi connectivity index (χ0) is 17.4. The van der Waals surface area contributed by atoms with Gasteiger partial charge < -0.3 is 14.5 Å². The predicted octanol–water partition coefficient (Wildman–Crippen LogP) is 2.56. The Morgan fingerprint density at radius 1 is 1.28 bits per heavy atom. The first-order chi connectivity index (χ1) is 12.2. The van der Waals surface area contributed by atoms with Gasteiger partial charge in [0, 0.05) is 24.0 Å². The monoisotopic (exact) mass is 357 g/mol. The van der Waals surface area contributed by atoms with E-state index in [1.807, 2.05) is 11.3 Å². The van der Waals surface area contributed by atoms with Crippen molar-refractivity contribution >= 4 is 22.2 Å². The van der Waals surface area contributed by atoms with Crippen LogP contribution < -0.4 is 15.0 Å². The molecule has 4 rings (SSSR count). The lowest BCUT2D eigenvalue weighted by atomic mass is 10.1. The minimum Gasteiger partial charge on any atom is -0.493 e. The van der Waals surface area contributed by atoms with Crippen LogP contribution in [0.3, 0.4) is 0 Å². The quantitative estimate of drug-likeness (QED) is 0.777. The van der Waals surface area contributed by atoms with E-state index in [1.54, 1.807) is 26.4 Å². The lowest BCUT2D eigenvalue weighted by molar-refractivity contribution is 0.241. The maximum Gasteiger partial charge on any atom is 0.258 e. The molecule has 0 unspecified atom stereocenters. The highest BCUT2D eigenvalue weighted by Gasteiger charge is 2.18. The smallest absolute Gasteiger partial charge is 0.258 e. The highest BCUT2D eigenvalue weighted by Crippen LogP contribution is 2.30. The third-order valence-corrected chi connectivity index (χ3v) is 5.54. The van der Waals surface area contributed by atoms with Crippen LogP contribution in [-0.4, -0.2) is 35.6 Å². The normalized spacial score (nSPS) is 14.5. The lowest BCUT2D eigenvalue weighted by Crippen LogP contribution is -2.30. The molecule has 3 aromatic rings. The Labute approximate surface area is 149 Å². The summed E-state index contributed by atoms with van der Waals surface area (Å²) in [5.74, 6) is 1.76. The largest absolute Gasteiger partial charge is 0.493 e. The number of ether oxygens (including phenoxy) is 2. The number of nitrogens with one attached hydrogen (secondary N) is 1. The summed E-state index contributed by atoms with van der Waals surface area (Å²) in [6, 6.07) is 5.60. The number of H-pyrrole nitrogens is 1. The van der Waals surface area contributed by atoms with Crippen molar-refractivity contribution in [1.29, 1.82) is 0 Å². The topological polar surface area (TPSA) is 67.5 Å². The number of aromatic amines is 1. The van der Waals surface area contributed by atoms with Gasteiger partial charge in [0.2, 0.25) is 0 Å². The second-order valence-electron chi connectivity index (χ2n) is 6.07. The molecule has 0 radical (unpaired) electrons. The van der Waals surface area contributed by atoms with Crippen LogP contribution in [0.25, 0.3) is 10.9 Å². The summed E-state index contributed by atoms with van der Waals surface area (Å²) in [6.07, 6.45) is 1.05.